The molecule has 8 rings (SSSR count). The molecule has 0 saturated carbocycles. The normalized spacial score (nSPS) is 25.6. The van der Waals surface area contributed by atoms with E-state index in [1.165, 1.54) is 0 Å². The highest BCUT2D eigenvalue weighted by Gasteiger charge is 2.53. The van der Waals surface area contributed by atoms with Gasteiger partial charge in [-0.1, -0.05) is 182 Å². The number of ether oxygens (including phenoxy) is 9. The van der Waals surface area contributed by atoms with E-state index in [-0.39, 0.29) is 46.2 Å². The molecule has 2 N–H and O–H groups in total. The molecule has 0 spiro atoms. The Morgan fingerprint density at radius 2 is 0.677 bits per heavy atom. The van der Waals surface area contributed by atoms with Gasteiger partial charge in [0.05, 0.1) is 52.9 Å². The van der Waals surface area contributed by atoms with Crippen LogP contribution >= 0.6 is 0 Å². The van der Waals surface area contributed by atoms with E-state index in [0.29, 0.717) is 6.61 Å². The van der Waals surface area contributed by atoms with Crippen LogP contribution in [0, 0.1) is 0 Å². The van der Waals surface area contributed by atoms with Gasteiger partial charge in [0.2, 0.25) is 0 Å². The minimum absolute atomic E-state index is 0.0206. The number of aliphatic hydroxyl groups excluding tert-OH is 2. The van der Waals surface area contributed by atoms with Crippen LogP contribution in [-0.4, -0.2) is 84.8 Å². The highest BCUT2D eigenvalue weighted by Crippen LogP contribution is 2.35. The average Bonchev–Trinajstić information content (AvgIpc) is 3.35. The summed E-state index contributed by atoms with van der Waals surface area (Å²) >= 11 is 0. The summed E-state index contributed by atoms with van der Waals surface area (Å²) in [4.78, 5) is 0. The summed E-state index contributed by atoms with van der Waals surface area (Å²) in [7, 11) is 0. The molecular weight excluding hydrogens is 825 g/mol. The first-order valence-corrected chi connectivity index (χ1v) is 22.3. The van der Waals surface area contributed by atoms with Crippen molar-refractivity contribution in [1.29, 1.82) is 0 Å². The quantitative estimate of drug-likeness (QED) is 0.0691. The molecule has 2 heterocycles. The summed E-state index contributed by atoms with van der Waals surface area (Å²) in [6, 6.07) is 58.6. The van der Waals surface area contributed by atoms with Gasteiger partial charge >= 0.3 is 0 Å². The van der Waals surface area contributed by atoms with Crippen LogP contribution in [0.15, 0.2) is 182 Å². The van der Waals surface area contributed by atoms with E-state index in [0.717, 1.165) is 33.4 Å². The third-order valence-corrected chi connectivity index (χ3v) is 11.4. The lowest BCUT2D eigenvalue weighted by molar-refractivity contribution is -0.371. The molecule has 2 fully saturated rings. The van der Waals surface area contributed by atoms with Crippen molar-refractivity contribution in [2.24, 2.45) is 0 Å². The number of rotatable bonds is 22. The lowest BCUT2D eigenvalue weighted by Crippen LogP contribution is -2.66. The zero-order valence-electron chi connectivity index (χ0n) is 36.3. The molecule has 10 atom stereocenters. The topological polar surface area (TPSA) is 124 Å². The second kappa shape index (κ2) is 24.4. The molecule has 2 saturated heterocycles. The van der Waals surface area contributed by atoms with Crippen LogP contribution in [0.5, 0.6) is 0 Å². The third kappa shape index (κ3) is 13.5. The Bertz CT molecular complexity index is 2210. The van der Waals surface area contributed by atoms with E-state index in [1.54, 1.807) is 0 Å². The Balaban J connectivity index is 1.14. The summed E-state index contributed by atoms with van der Waals surface area (Å²) in [5, 5.41) is 24.0. The van der Waals surface area contributed by atoms with Crippen LogP contribution in [0.1, 0.15) is 33.4 Å². The van der Waals surface area contributed by atoms with Crippen LogP contribution < -0.4 is 0 Å². The fraction of sp³-hybridized carbons (Fsp3) is 0.333. The van der Waals surface area contributed by atoms with Crippen molar-refractivity contribution in [1.82, 2.24) is 0 Å². The molecule has 0 bridgehead atoms. The molecule has 0 unspecified atom stereocenters. The van der Waals surface area contributed by atoms with E-state index >= 15 is 0 Å². The zero-order chi connectivity index (χ0) is 44.5. The third-order valence-electron chi connectivity index (χ3n) is 11.4. The van der Waals surface area contributed by atoms with E-state index in [2.05, 4.69) is 0 Å². The number of hydrogen-bond donors (Lipinski definition) is 2. The van der Waals surface area contributed by atoms with Crippen molar-refractivity contribution < 1.29 is 52.8 Å². The predicted octanol–water partition coefficient (Wildman–Crippen LogP) is 7.95. The van der Waals surface area contributed by atoms with Gasteiger partial charge in [0.25, 0.3) is 0 Å². The van der Waals surface area contributed by atoms with Crippen molar-refractivity contribution in [3.63, 3.8) is 0 Å². The maximum absolute atomic E-state index is 12.2. The summed E-state index contributed by atoms with van der Waals surface area (Å²) in [5.74, 6) is 0. The first-order valence-electron chi connectivity index (χ1n) is 22.3. The molecule has 0 aromatic heterocycles. The molecule has 65 heavy (non-hydrogen) atoms. The van der Waals surface area contributed by atoms with E-state index < -0.39 is 61.4 Å². The number of aliphatic hydroxyl groups is 2. The monoisotopic (exact) mass is 882 g/mol. The maximum Gasteiger partial charge on any atom is 0.187 e. The Labute approximate surface area is 381 Å². The number of hydrogen-bond acceptors (Lipinski definition) is 11. The molecule has 6 aromatic carbocycles. The van der Waals surface area contributed by atoms with Gasteiger partial charge in [-0.3, -0.25) is 0 Å². The van der Waals surface area contributed by atoms with Crippen molar-refractivity contribution in [3.05, 3.63) is 215 Å². The van der Waals surface area contributed by atoms with E-state index in [4.69, 9.17) is 42.6 Å². The number of benzene rings is 6. The largest absolute Gasteiger partial charge is 0.387 e. The molecular formula is C54H58O11. The van der Waals surface area contributed by atoms with Crippen molar-refractivity contribution in [3.8, 4) is 0 Å². The summed E-state index contributed by atoms with van der Waals surface area (Å²) in [5.41, 5.74) is 5.59. The molecule has 0 radical (unpaired) electrons. The first kappa shape index (κ1) is 46.4. The van der Waals surface area contributed by atoms with Gasteiger partial charge < -0.3 is 52.8 Å². The molecule has 340 valence electrons. The summed E-state index contributed by atoms with van der Waals surface area (Å²) in [6.45, 7) is 1.34. The minimum Gasteiger partial charge on any atom is -0.387 e. The maximum atomic E-state index is 12.2. The highest BCUT2D eigenvalue weighted by atomic mass is 16.7. The predicted molar refractivity (Wildman–Crippen MR) is 243 cm³/mol. The SMILES string of the molecule is O[C@@H]1[C@H](OCc2ccccc2)[C@@H](OCc2ccccc2)[C@@H](O[C@H]2[C@H](OCc3ccccc3)[C@@H](OCc3ccccc3)[C@@H](O)O[C@@H]2COCc2ccccc2)O[C@@H]1COCc1ccccc1. The molecule has 0 amide bonds. The van der Waals surface area contributed by atoms with Crippen molar-refractivity contribution in [2.75, 3.05) is 13.2 Å². The van der Waals surface area contributed by atoms with Crippen LogP contribution in [-0.2, 0) is 82.3 Å². The molecule has 6 aromatic rings. The van der Waals surface area contributed by atoms with Gasteiger partial charge in [-0.25, -0.2) is 0 Å². The van der Waals surface area contributed by atoms with Gasteiger partial charge in [0, 0.05) is 0 Å². The van der Waals surface area contributed by atoms with Crippen LogP contribution in [0.2, 0.25) is 0 Å². The van der Waals surface area contributed by atoms with Crippen LogP contribution in [0.4, 0.5) is 0 Å². The van der Waals surface area contributed by atoms with Gasteiger partial charge in [-0.05, 0) is 33.4 Å². The molecule has 0 aliphatic carbocycles. The Kier molecular flexibility index (Phi) is 17.4. The smallest absolute Gasteiger partial charge is 0.187 e. The van der Waals surface area contributed by atoms with Crippen LogP contribution in [0.25, 0.3) is 0 Å². The lowest BCUT2D eigenvalue weighted by atomic mass is 9.96. The van der Waals surface area contributed by atoms with Crippen molar-refractivity contribution >= 4 is 0 Å². The molecule has 11 nitrogen and oxygen atoms in total. The zero-order valence-corrected chi connectivity index (χ0v) is 36.3. The van der Waals surface area contributed by atoms with Crippen molar-refractivity contribution in [2.45, 2.75) is 101 Å². The minimum atomic E-state index is -1.41. The Morgan fingerprint density at radius 1 is 0.338 bits per heavy atom. The molecule has 2 aliphatic rings. The average molecular weight is 883 g/mol. The van der Waals surface area contributed by atoms with E-state index in [1.807, 2.05) is 182 Å². The second-order valence-electron chi connectivity index (χ2n) is 16.2. The van der Waals surface area contributed by atoms with Gasteiger partial charge in [0.15, 0.2) is 12.6 Å². The second-order valence-corrected chi connectivity index (χ2v) is 16.2. The Morgan fingerprint density at radius 3 is 1.09 bits per heavy atom. The molecule has 2 aliphatic heterocycles. The van der Waals surface area contributed by atoms with Gasteiger partial charge in [-0.15, -0.1) is 0 Å². The van der Waals surface area contributed by atoms with Gasteiger partial charge in [-0.2, -0.15) is 0 Å². The fourth-order valence-electron chi connectivity index (χ4n) is 8.02. The standard InChI is InChI=1S/C54H58O11/c55-47-45(37-57-31-39-19-7-1-8-20-39)64-54(52(62-36-44-29-17-6-18-30-44)49(47)59-33-41-23-11-3-12-24-41)65-48-46(38-58-32-40-21-9-2-10-22-40)63-53(56)51(61-35-43-27-15-5-16-28-43)50(48)60-34-42-25-13-4-14-26-42/h1-30,45-56H,31-38H2/t45-,46-,47+,48-,49+,50+,51-,52-,53+,54-/m1/s1. The van der Waals surface area contributed by atoms with Crippen LogP contribution in [0.3, 0.4) is 0 Å². The first-order chi connectivity index (χ1) is 32.1. The summed E-state index contributed by atoms with van der Waals surface area (Å²) < 4.78 is 59.6. The van der Waals surface area contributed by atoms with E-state index in [9.17, 15) is 10.2 Å². The Hall–Kier alpha value is -5.12. The molecule has 11 heteroatoms. The van der Waals surface area contributed by atoms with Gasteiger partial charge in [0.1, 0.15) is 48.8 Å². The fourth-order valence-corrected chi connectivity index (χ4v) is 8.02. The highest BCUT2D eigenvalue weighted by molar-refractivity contribution is 5.18. The summed E-state index contributed by atoms with van der Waals surface area (Å²) in [6.07, 6.45) is -10.4. The lowest BCUT2D eigenvalue weighted by Gasteiger charge is -2.49.